The van der Waals surface area contributed by atoms with E-state index in [9.17, 15) is 9.18 Å². The molecule has 0 heterocycles. The van der Waals surface area contributed by atoms with Crippen LogP contribution < -0.4 is 4.74 Å². The molecule has 0 radical (unpaired) electrons. The summed E-state index contributed by atoms with van der Waals surface area (Å²) >= 11 is 0. The van der Waals surface area contributed by atoms with E-state index in [0.29, 0.717) is 11.3 Å². The van der Waals surface area contributed by atoms with Crippen molar-refractivity contribution in [2.24, 2.45) is 0 Å². The van der Waals surface area contributed by atoms with Crippen LogP contribution in [-0.4, -0.2) is 20.2 Å². The molecular weight excluding hydrogens is 271 g/mol. The van der Waals surface area contributed by atoms with E-state index in [0.717, 1.165) is 22.8 Å². The van der Waals surface area contributed by atoms with Gasteiger partial charge in [-0.25, -0.2) is 9.18 Å². The summed E-state index contributed by atoms with van der Waals surface area (Å²) in [7, 11) is 2.84. The molecule has 0 saturated carbocycles. The maximum Gasteiger partial charge on any atom is 0.337 e. The van der Waals surface area contributed by atoms with Crippen LogP contribution >= 0.6 is 0 Å². The molecule has 0 spiro atoms. The highest BCUT2D eigenvalue weighted by molar-refractivity contribution is 5.91. The predicted molar refractivity (Wildman–Crippen MR) is 79.2 cm³/mol. The van der Waals surface area contributed by atoms with Crippen LogP contribution in [0.3, 0.4) is 0 Å². The monoisotopic (exact) mass is 288 g/mol. The van der Waals surface area contributed by atoms with Crippen LogP contribution in [0.2, 0.25) is 0 Å². The van der Waals surface area contributed by atoms with Gasteiger partial charge in [-0.05, 0) is 54.8 Å². The van der Waals surface area contributed by atoms with Gasteiger partial charge in [-0.2, -0.15) is 0 Å². The molecule has 4 heteroatoms. The number of carbonyl (C=O) groups excluding carboxylic acids is 1. The Labute approximate surface area is 123 Å². The number of halogens is 1. The number of esters is 1. The first-order valence-electron chi connectivity index (χ1n) is 6.50. The molecule has 2 rings (SSSR count). The van der Waals surface area contributed by atoms with Gasteiger partial charge in [-0.1, -0.05) is 6.07 Å². The molecular formula is C17H17FO3. The van der Waals surface area contributed by atoms with Crippen LogP contribution in [-0.2, 0) is 4.74 Å². The Balaban J connectivity index is 2.67. The first-order chi connectivity index (χ1) is 9.96. The van der Waals surface area contributed by atoms with Crippen molar-refractivity contribution < 1.29 is 18.7 Å². The molecule has 0 atom stereocenters. The van der Waals surface area contributed by atoms with E-state index in [1.807, 2.05) is 26.0 Å². The first-order valence-corrected chi connectivity index (χ1v) is 6.50. The number of methoxy groups -OCH3 is 2. The van der Waals surface area contributed by atoms with Crippen molar-refractivity contribution in [2.75, 3.05) is 14.2 Å². The molecule has 110 valence electrons. The minimum absolute atomic E-state index is 0.175. The zero-order valence-electron chi connectivity index (χ0n) is 12.5. The van der Waals surface area contributed by atoms with Crippen LogP contribution in [0.4, 0.5) is 4.39 Å². The number of aryl methyl sites for hydroxylation is 2. The summed E-state index contributed by atoms with van der Waals surface area (Å²) < 4.78 is 23.8. The second kappa shape index (κ2) is 5.95. The molecule has 0 aromatic heterocycles. The Bertz CT molecular complexity index is 693. The molecule has 0 aliphatic heterocycles. The van der Waals surface area contributed by atoms with Gasteiger partial charge >= 0.3 is 5.97 Å². The molecule has 0 bridgehead atoms. The zero-order chi connectivity index (χ0) is 15.6. The third-order valence-corrected chi connectivity index (χ3v) is 3.27. The predicted octanol–water partition coefficient (Wildman–Crippen LogP) is 3.90. The van der Waals surface area contributed by atoms with Crippen LogP contribution in [0.25, 0.3) is 11.1 Å². The van der Waals surface area contributed by atoms with Crippen molar-refractivity contribution in [1.82, 2.24) is 0 Å². The summed E-state index contributed by atoms with van der Waals surface area (Å²) in [4.78, 5) is 11.6. The molecule has 0 fully saturated rings. The van der Waals surface area contributed by atoms with Gasteiger partial charge in [-0.3, -0.25) is 0 Å². The number of hydrogen-bond donors (Lipinski definition) is 0. The van der Waals surface area contributed by atoms with E-state index >= 15 is 0 Å². The normalized spacial score (nSPS) is 10.3. The smallest absolute Gasteiger partial charge is 0.337 e. The van der Waals surface area contributed by atoms with Gasteiger partial charge in [0.05, 0.1) is 19.8 Å². The topological polar surface area (TPSA) is 35.5 Å². The van der Waals surface area contributed by atoms with Gasteiger partial charge in [0.25, 0.3) is 0 Å². The fourth-order valence-corrected chi connectivity index (χ4v) is 2.43. The van der Waals surface area contributed by atoms with Crippen molar-refractivity contribution in [3.05, 3.63) is 52.8 Å². The third kappa shape index (κ3) is 3.05. The second-order valence-electron chi connectivity index (χ2n) is 4.88. The van der Waals surface area contributed by atoms with Gasteiger partial charge in [0.2, 0.25) is 0 Å². The van der Waals surface area contributed by atoms with Crippen molar-refractivity contribution in [3.8, 4) is 16.9 Å². The van der Waals surface area contributed by atoms with Gasteiger partial charge in [0.15, 0.2) is 0 Å². The third-order valence-electron chi connectivity index (χ3n) is 3.27. The summed E-state index contributed by atoms with van der Waals surface area (Å²) in [5.74, 6) is -0.414. The van der Waals surface area contributed by atoms with E-state index in [1.54, 1.807) is 13.2 Å². The highest BCUT2D eigenvalue weighted by atomic mass is 19.1. The van der Waals surface area contributed by atoms with Crippen LogP contribution in [0, 0.1) is 19.7 Å². The quantitative estimate of drug-likeness (QED) is 0.803. The van der Waals surface area contributed by atoms with Crippen LogP contribution in [0.1, 0.15) is 21.5 Å². The van der Waals surface area contributed by atoms with Crippen LogP contribution in [0.5, 0.6) is 5.75 Å². The van der Waals surface area contributed by atoms with Crippen LogP contribution in [0.15, 0.2) is 30.3 Å². The molecule has 0 unspecified atom stereocenters. The summed E-state index contributed by atoms with van der Waals surface area (Å²) in [6, 6.07) is 8.01. The van der Waals surface area contributed by atoms with Crippen molar-refractivity contribution in [2.45, 2.75) is 13.8 Å². The van der Waals surface area contributed by atoms with Gasteiger partial charge in [-0.15, -0.1) is 0 Å². The molecule has 0 N–H and O–H groups in total. The lowest BCUT2D eigenvalue weighted by Crippen LogP contribution is -2.02. The molecule has 0 aliphatic carbocycles. The lowest BCUT2D eigenvalue weighted by molar-refractivity contribution is 0.0600. The maximum atomic E-state index is 13.8. The Morgan fingerprint density at radius 2 is 1.76 bits per heavy atom. The summed E-state index contributed by atoms with van der Waals surface area (Å²) in [5.41, 5.74) is 3.54. The molecule has 21 heavy (non-hydrogen) atoms. The van der Waals surface area contributed by atoms with E-state index in [1.165, 1.54) is 13.2 Å². The van der Waals surface area contributed by atoms with E-state index in [-0.39, 0.29) is 5.56 Å². The first kappa shape index (κ1) is 15.0. The number of hydrogen-bond acceptors (Lipinski definition) is 3. The number of ether oxygens (including phenoxy) is 2. The summed E-state index contributed by atoms with van der Waals surface area (Å²) in [6.45, 7) is 3.89. The van der Waals surface area contributed by atoms with Crippen molar-refractivity contribution in [3.63, 3.8) is 0 Å². The fraction of sp³-hybridized carbons (Fsp3) is 0.235. The zero-order valence-corrected chi connectivity index (χ0v) is 12.5. The maximum absolute atomic E-state index is 13.8. The largest absolute Gasteiger partial charge is 0.496 e. The van der Waals surface area contributed by atoms with Gasteiger partial charge in [0.1, 0.15) is 11.6 Å². The highest BCUT2D eigenvalue weighted by Crippen LogP contribution is 2.35. The molecule has 2 aromatic carbocycles. The Morgan fingerprint density at radius 3 is 2.38 bits per heavy atom. The molecule has 2 aromatic rings. The standard InChI is InChI=1S/C17H17FO3/c1-10-5-11(2)16(15(6-10)20-3)12-7-13(17(19)21-4)9-14(18)8-12/h5-9H,1-4H3. The summed E-state index contributed by atoms with van der Waals surface area (Å²) in [5, 5.41) is 0. The van der Waals surface area contributed by atoms with E-state index in [4.69, 9.17) is 4.74 Å². The molecule has 3 nitrogen and oxygen atoms in total. The summed E-state index contributed by atoms with van der Waals surface area (Å²) in [6.07, 6.45) is 0. The van der Waals surface area contributed by atoms with Crippen molar-refractivity contribution >= 4 is 5.97 Å². The number of benzene rings is 2. The van der Waals surface area contributed by atoms with Gasteiger partial charge < -0.3 is 9.47 Å². The average molecular weight is 288 g/mol. The van der Waals surface area contributed by atoms with Gasteiger partial charge in [0, 0.05) is 5.56 Å². The molecule has 0 amide bonds. The molecule has 0 saturated heterocycles. The average Bonchev–Trinajstić information content (AvgIpc) is 2.44. The fourth-order valence-electron chi connectivity index (χ4n) is 2.43. The lowest BCUT2D eigenvalue weighted by Gasteiger charge is -2.14. The SMILES string of the molecule is COC(=O)c1cc(F)cc(-c2c(C)cc(C)cc2OC)c1. The van der Waals surface area contributed by atoms with Crippen molar-refractivity contribution in [1.29, 1.82) is 0 Å². The Hall–Kier alpha value is -2.36. The highest BCUT2D eigenvalue weighted by Gasteiger charge is 2.15. The minimum atomic E-state index is -0.570. The number of rotatable bonds is 3. The number of carbonyl (C=O) groups is 1. The molecule has 0 aliphatic rings. The minimum Gasteiger partial charge on any atom is -0.496 e. The van der Waals surface area contributed by atoms with E-state index in [2.05, 4.69) is 4.74 Å². The Morgan fingerprint density at radius 1 is 1.05 bits per heavy atom. The second-order valence-corrected chi connectivity index (χ2v) is 4.88. The Kier molecular flexibility index (Phi) is 4.26. The lowest BCUT2D eigenvalue weighted by atomic mass is 9.96. The van der Waals surface area contributed by atoms with E-state index < -0.39 is 11.8 Å².